The van der Waals surface area contributed by atoms with Crippen LogP contribution in [-0.4, -0.2) is 4.57 Å². The lowest BCUT2D eigenvalue weighted by Crippen LogP contribution is -2.22. The molecule has 4 aromatic carbocycles. The van der Waals surface area contributed by atoms with Crippen molar-refractivity contribution in [3.05, 3.63) is 125 Å². The lowest BCUT2D eigenvalue weighted by molar-refractivity contribution is -0.137. The maximum atomic E-state index is 13.7. The summed E-state index contributed by atoms with van der Waals surface area (Å²) in [6.45, 7) is 0. The lowest BCUT2D eigenvalue weighted by Gasteiger charge is -2.21. The molecule has 2 nitrogen and oxygen atoms in total. The summed E-state index contributed by atoms with van der Waals surface area (Å²) in [6, 6.07) is 31.2. The molecular formula is C28H18F3NO. The van der Waals surface area contributed by atoms with E-state index in [4.69, 9.17) is 0 Å². The highest BCUT2D eigenvalue weighted by atomic mass is 19.4. The van der Waals surface area contributed by atoms with Gasteiger partial charge < -0.3 is 0 Å². The van der Waals surface area contributed by atoms with Gasteiger partial charge in [0.2, 0.25) is 0 Å². The maximum Gasteiger partial charge on any atom is 0.416 e. The van der Waals surface area contributed by atoms with Crippen molar-refractivity contribution in [2.45, 2.75) is 6.18 Å². The van der Waals surface area contributed by atoms with Gasteiger partial charge in [-0.3, -0.25) is 9.36 Å². The number of rotatable bonds is 3. The van der Waals surface area contributed by atoms with Crippen molar-refractivity contribution in [1.82, 2.24) is 4.57 Å². The molecule has 0 saturated heterocycles. The highest BCUT2D eigenvalue weighted by Gasteiger charge is 2.30. The van der Waals surface area contributed by atoms with Gasteiger partial charge in [0.05, 0.1) is 11.3 Å². The first-order valence-electron chi connectivity index (χ1n) is 10.4. The second-order valence-electron chi connectivity index (χ2n) is 7.69. The van der Waals surface area contributed by atoms with Crippen LogP contribution in [0.4, 0.5) is 13.2 Å². The molecule has 0 radical (unpaired) electrons. The Labute approximate surface area is 188 Å². The van der Waals surface area contributed by atoms with E-state index in [0.29, 0.717) is 16.8 Å². The number of alkyl halides is 3. The van der Waals surface area contributed by atoms with Crippen molar-refractivity contribution < 1.29 is 13.2 Å². The molecule has 5 heteroatoms. The topological polar surface area (TPSA) is 22.0 Å². The molecule has 0 aliphatic rings. The van der Waals surface area contributed by atoms with E-state index in [1.165, 1.54) is 16.7 Å². The monoisotopic (exact) mass is 441 g/mol. The van der Waals surface area contributed by atoms with Crippen molar-refractivity contribution >= 4 is 10.8 Å². The summed E-state index contributed by atoms with van der Waals surface area (Å²) in [5.74, 6) is 0. The van der Waals surface area contributed by atoms with Gasteiger partial charge in [-0.1, -0.05) is 78.9 Å². The summed E-state index contributed by atoms with van der Waals surface area (Å²) in [7, 11) is 0. The van der Waals surface area contributed by atoms with E-state index in [9.17, 15) is 18.0 Å². The Kier molecular flexibility index (Phi) is 5.09. The molecule has 0 bridgehead atoms. The van der Waals surface area contributed by atoms with Crippen molar-refractivity contribution in [3.63, 3.8) is 0 Å². The highest BCUT2D eigenvalue weighted by Crippen LogP contribution is 2.38. The molecule has 162 valence electrons. The zero-order valence-corrected chi connectivity index (χ0v) is 17.4. The van der Waals surface area contributed by atoms with Crippen LogP contribution in [0.2, 0.25) is 0 Å². The van der Waals surface area contributed by atoms with Gasteiger partial charge in [0, 0.05) is 16.6 Å². The number of hydrogen-bond acceptors (Lipinski definition) is 1. The number of aromatic nitrogens is 1. The molecule has 33 heavy (non-hydrogen) atoms. The number of benzene rings is 4. The van der Waals surface area contributed by atoms with Crippen LogP contribution in [0.3, 0.4) is 0 Å². The number of fused-ring (bicyclic) bond motifs is 1. The van der Waals surface area contributed by atoms with Gasteiger partial charge in [-0.15, -0.1) is 0 Å². The van der Waals surface area contributed by atoms with E-state index in [1.807, 2.05) is 72.8 Å². The predicted octanol–water partition coefficient (Wildman–Crippen LogP) is 7.34. The summed E-state index contributed by atoms with van der Waals surface area (Å²) in [6.07, 6.45) is -4.45. The fraction of sp³-hybridized carbons (Fsp3) is 0.0357. The van der Waals surface area contributed by atoms with E-state index < -0.39 is 11.7 Å². The minimum absolute atomic E-state index is 0.288. The molecule has 0 N–H and O–H groups in total. The number of hydrogen-bond donors (Lipinski definition) is 0. The van der Waals surface area contributed by atoms with E-state index >= 15 is 0 Å². The second kappa shape index (κ2) is 8.10. The molecule has 0 saturated carbocycles. The van der Waals surface area contributed by atoms with Crippen LogP contribution in [0.5, 0.6) is 0 Å². The number of nitrogens with zero attached hydrogens (tertiary/aromatic N) is 1. The minimum Gasteiger partial charge on any atom is -0.276 e. The van der Waals surface area contributed by atoms with Gasteiger partial charge in [-0.2, -0.15) is 13.2 Å². The van der Waals surface area contributed by atoms with E-state index in [-0.39, 0.29) is 5.56 Å². The largest absolute Gasteiger partial charge is 0.416 e. The minimum atomic E-state index is -4.45. The van der Waals surface area contributed by atoms with Crippen LogP contribution in [0, 0.1) is 0 Å². The van der Waals surface area contributed by atoms with Gasteiger partial charge in [0.25, 0.3) is 5.56 Å². The third-order valence-electron chi connectivity index (χ3n) is 5.65. The van der Waals surface area contributed by atoms with Crippen LogP contribution in [0.15, 0.2) is 114 Å². The average molecular weight is 441 g/mol. The van der Waals surface area contributed by atoms with E-state index in [1.54, 1.807) is 12.1 Å². The molecule has 0 fully saturated rings. The quantitative estimate of drug-likeness (QED) is 0.287. The predicted molar refractivity (Wildman–Crippen MR) is 125 cm³/mol. The molecule has 5 rings (SSSR count). The molecule has 0 aliphatic carbocycles. The van der Waals surface area contributed by atoms with Crippen molar-refractivity contribution in [2.24, 2.45) is 0 Å². The van der Waals surface area contributed by atoms with Crippen molar-refractivity contribution in [2.75, 3.05) is 0 Å². The number of halogens is 3. The zero-order chi connectivity index (χ0) is 23.0. The molecule has 1 aromatic heterocycles. The Morgan fingerprint density at radius 2 is 1.09 bits per heavy atom. The molecule has 0 spiro atoms. The average Bonchev–Trinajstić information content (AvgIpc) is 2.84. The summed E-state index contributed by atoms with van der Waals surface area (Å²) in [5, 5.41) is 1.28. The Hall–Kier alpha value is -4.12. The van der Waals surface area contributed by atoms with Gasteiger partial charge >= 0.3 is 6.18 Å². The van der Waals surface area contributed by atoms with Crippen molar-refractivity contribution in [1.29, 1.82) is 0 Å². The summed E-state index contributed by atoms with van der Waals surface area (Å²) < 4.78 is 41.0. The van der Waals surface area contributed by atoms with Crippen LogP contribution in [0.25, 0.3) is 38.8 Å². The Bertz CT molecular complexity index is 1490. The number of pyridine rings is 1. The summed E-state index contributed by atoms with van der Waals surface area (Å²) >= 11 is 0. The Morgan fingerprint density at radius 1 is 0.576 bits per heavy atom. The smallest absolute Gasteiger partial charge is 0.276 e. The second-order valence-corrected chi connectivity index (χ2v) is 7.69. The first kappa shape index (κ1) is 20.8. The maximum absolute atomic E-state index is 13.7. The van der Waals surface area contributed by atoms with Gasteiger partial charge in [0.15, 0.2) is 0 Å². The first-order valence-corrected chi connectivity index (χ1v) is 10.4. The van der Waals surface area contributed by atoms with Crippen molar-refractivity contribution in [3.8, 4) is 28.1 Å². The molecule has 1 heterocycles. The van der Waals surface area contributed by atoms with E-state index in [0.717, 1.165) is 34.2 Å². The highest BCUT2D eigenvalue weighted by molar-refractivity contribution is 6.03. The van der Waals surface area contributed by atoms with Gasteiger partial charge in [0.1, 0.15) is 0 Å². The third kappa shape index (κ3) is 3.72. The normalized spacial score (nSPS) is 11.6. The SMILES string of the molecule is O=c1c2ccccc2c(-c2ccccc2)c(-c2ccccc2)n1-c1ccc(C(F)(F)F)cc1. The van der Waals surface area contributed by atoms with Crippen LogP contribution >= 0.6 is 0 Å². The van der Waals surface area contributed by atoms with E-state index in [2.05, 4.69) is 0 Å². The van der Waals surface area contributed by atoms with Crippen LogP contribution < -0.4 is 5.56 Å². The Morgan fingerprint density at radius 3 is 1.67 bits per heavy atom. The third-order valence-corrected chi connectivity index (χ3v) is 5.65. The molecule has 0 unspecified atom stereocenters. The standard InChI is InChI=1S/C28H18F3NO/c29-28(30,31)21-15-17-22(18-16-21)32-26(20-11-5-2-6-12-20)25(19-9-3-1-4-10-19)23-13-7-8-14-24(23)27(32)33/h1-18H. The van der Waals surface area contributed by atoms with Gasteiger partial charge in [-0.05, 0) is 46.8 Å². The molecule has 0 aliphatic heterocycles. The van der Waals surface area contributed by atoms with Crippen LogP contribution in [-0.2, 0) is 6.18 Å². The molecular weight excluding hydrogens is 423 g/mol. The fourth-order valence-electron chi connectivity index (χ4n) is 4.16. The summed E-state index contributed by atoms with van der Waals surface area (Å²) in [5.41, 5.74) is 2.50. The molecule has 0 amide bonds. The Balaban J connectivity index is 1.94. The van der Waals surface area contributed by atoms with Crippen LogP contribution in [0.1, 0.15) is 5.56 Å². The first-order chi connectivity index (χ1) is 15.9. The zero-order valence-electron chi connectivity index (χ0n) is 17.4. The molecule has 0 atom stereocenters. The fourth-order valence-corrected chi connectivity index (χ4v) is 4.16. The molecule has 5 aromatic rings. The van der Waals surface area contributed by atoms with Gasteiger partial charge in [-0.25, -0.2) is 0 Å². The summed E-state index contributed by atoms with van der Waals surface area (Å²) in [4.78, 5) is 13.7. The lowest BCUT2D eigenvalue weighted by atomic mass is 9.93.